The van der Waals surface area contributed by atoms with Crippen molar-refractivity contribution in [3.63, 3.8) is 0 Å². The zero-order chi connectivity index (χ0) is 22.8. The highest BCUT2D eigenvalue weighted by atomic mass is 16.7. The largest absolute Gasteiger partial charge is 0.460 e. The number of hydrogen-bond acceptors (Lipinski definition) is 2. The third-order valence-electron chi connectivity index (χ3n) is 7.11. The molecule has 0 aliphatic heterocycles. The van der Waals surface area contributed by atoms with Gasteiger partial charge in [-0.15, -0.1) is 5.73 Å². The minimum absolute atomic E-state index is 0.330. The highest BCUT2D eigenvalue weighted by molar-refractivity contribution is 5.32. The molecule has 2 atom stereocenters. The van der Waals surface area contributed by atoms with E-state index in [0.29, 0.717) is 11.8 Å². The minimum Gasteiger partial charge on any atom is -0.460 e. The average molecular weight is 437 g/mol. The highest BCUT2D eigenvalue weighted by Gasteiger charge is 2.22. The first-order chi connectivity index (χ1) is 15.6. The third-order valence-corrected chi connectivity index (χ3v) is 7.11. The van der Waals surface area contributed by atoms with Gasteiger partial charge >= 0.3 is 0 Å². The highest BCUT2D eigenvalue weighted by Crippen LogP contribution is 2.32. The number of rotatable bonds is 12. The summed E-state index contributed by atoms with van der Waals surface area (Å²) in [7, 11) is 0. The van der Waals surface area contributed by atoms with Crippen molar-refractivity contribution in [2.45, 2.75) is 104 Å². The summed E-state index contributed by atoms with van der Waals surface area (Å²) in [6.45, 7) is 9.74. The van der Waals surface area contributed by atoms with Crippen LogP contribution in [0.15, 0.2) is 53.3 Å². The standard InChI is InChI=1S/C30H44O2/c1-5-10-25-14-15-27(22-25)30(31-21-20-24-12-8-7-9-13-24)32-28-18-16-26(17-19-28)29(11-6-2)23(3)4/h5,10,16-19,23-24,29-30H,6-9,11-15,20-21H2,1-4H3/b10-5-. The van der Waals surface area contributed by atoms with Crippen LogP contribution in [0.5, 0.6) is 5.75 Å². The van der Waals surface area contributed by atoms with E-state index in [4.69, 9.17) is 9.47 Å². The number of allylic oxidation sites excluding steroid dienone is 2. The summed E-state index contributed by atoms with van der Waals surface area (Å²) in [5.74, 6) is 2.97. The smallest absolute Gasteiger partial charge is 0.230 e. The lowest BCUT2D eigenvalue weighted by molar-refractivity contribution is -0.0600. The van der Waals surface area contributed by atoms with Crippen LogP contribution in [-0.2, 0) is 4.74 Å². The van der Waals surface area contributed by atoms with E-state index in [2.05, 4.69) is 69.8 Å². The van der Waals surface area contributed by atoms with Gasteiger partial charge in [-0.05, 0) is 73.6 Å². The van der Waals surface area contributed by atoms with Gasteiger partial charge in [0.15, 0.2) is 0 Å². The molecule has 2 heteroatoms. The molecule has 0 bridgehead atoms. The molecular formula is C30H44O2. The van der Waals surface area contributed by atoms with Crippen LogP contribution < -0.4 is 4.74 Å². The molecule has 2 unspecified atom stereocenters. The monoisotopic (exact) mass is 436 g/mol. The van der Waals surface area contributed by atoms with Gasteiger partial charge in [0.1, 0.15) is 5.75 Å². The van der Waals surface area contributed by atoms with Crippen LogP contribution >= 0.6 is 0 Å². The van der Waals surface area contributed by atoms with Crippen molar-refractivity contribution >= 4 is 0 Å². The van der Waals surface area contributed by atoms with Gasteiger partial charge in [0.25, 0.3) is 0 Å². The van der Waals surface area contributed by atoms with Crippen molar-refractivity contribution in [3.05, 3.63) is 58.9 Å². The molecule has 1 fully saturated rings. The maximum absolute atomic E-state index is 6.41. The fourth-order valence-corrected chi connectivity index (χ4v) is 5.24. The number of hydrogen-bond donors (Lipinski definition) is 0. The maximum atomic E-state index is 6.41. The minimum atomic E-state index is -0.330. The normalized spacial score (nSPS) is 19.3. The Balaban J connectivity index is 1.68. The van der Waals surface area contributed by atoms with Gasteiger partial charge in [-0.25, -0.2) is 0 Å². The van der Waals surface area contributed by atoms with Crippen LogP contribution in [0.25, 0.3) is 0 Å². The van der Waals surface area contributed by atoms with E-state index in [1.54, 1.807) is 0 Å². The van der Waals surface area contributed by atoms with Gasteiger partial charge in [0, 0.05) is 5.57 Å². The van der Waals surface area contributed by atoms with Gasteiger partial charge in [-0.3, -0.25) is 0 Å². The Labute approximate surface area is 196 Å². The van der Waals surface area contributed by atoms with E-state index in [1.165, 1.54) is 56.1 Å². The zero-order valence-electron chi connectivity index (χ0n) is 20.9. The topological polar surface area (TPSA) is 18.5 Å². The molecule has 0 N–H and O–H groups in total. The lowest BCUT2D eigenvalue weighted by Crippen LogP contribution is -2.24. The van der Waals surface area contributed by atoms with Crippen LogP contribution in [0.2, 0.25) is 0 Å². The molecule has 176 valence electrons. The first kappa shape index (κ1) is 24.9. The summed E-state index contributed by atoms with van der Waals surface area (Å²) >= 11 is 0. The Hall–Kier alpha value is -1.76. The summed E-state index contributed by atoms with van der Waals surface area (Å²) in [5.41, 5.74) is 7.38. The van der Waals surface area contributed by atoms with Crippen molar-refractivity contribution in [3.8, 4) is 5.75 Å². The van der Waals surface area contributed by atoms with E-state index in [0.717, 1.165) is 43.1 Å². The Bertz CT molecular complexity index is 774. The first-order valence-corrected chi connectivity index (χ1v) is 13.1. The lowest BCUT2D eigenvalue weighted by Gasteiger charge is -2.25. The van der Waals surface area contributed by atoms with Crippen molar-refractivity contribution in [1.29, 1.82) is 0 Å². The number of benzene rings is 1. The molecule has 0 saturated heterocycles. The van der Waals surface area contributed by atoms with E-state index < -0.39 is 0 Å². The molecule has 32 heavy (non-hydrogen) atoms. The molecule has 2 aliphatic carbocycles. The predicted octanol–water partition coefficient (Wildman–Crippen LogP) is 8.74. The summed E-state index contributed by atoms with van der Waals surface area (Å²) in [5, 5.41) is 0. The van der Waals surface area contributed by atoms with E-state index in [9.17, 15) is 0 Å². The molecule has 2 aliphatic rings. The molecule has 1 saturated carbocycles. The van der Waals surface area contributed by atoms with Crippen molar-refractivity contribution in [1.82, 2.24) is 0 Å². The summed E-state index contributed by atoms with van der Waals surface area (Å²) in [4.78, 5) is 0. The molecule has 3 rings (SSSR count). The maximum Gasteiger partial charge on any atom is 0.230 e. The van der Waals surface area contributed by atoms with Crippen LogP contribution in [0, 0.1) is 11.8 Å². The predicted molar refractivity (Wildman–Crippen MR) is 135 cm³/mol. The molecule has 1 aromatic carbocycles. The molecule has 0 aromatic heterocycles. The Morgan fingerprint density at radius 1 is 1.06 bits per heavy atom. The van der Waals surface area contributed by atoms with Gasteiger partial charge in [-0.2, -0.15) is 0 Å². The van der Waals surface area contributed by atoms with Gasteiger partial charge in [0.05, 0.1) is 6.61 Å². The van der Waals surface area contributed by atoms with Crippen LogP contribution in [-0.4, -0.2) is 12.9 Å². The molecule has 2 nitrogen and oxygen atoms in total. The second-order valence-electron chi connectivity index (χ2n) is 10.00. The van der Waals surface area contributed by atoms with Gasteiger partial charge in [0.2, 0.25) is 6.29 Å². The molecule has 0 heterocycles. The van der Waals surface area contributed by atoms with Gasteiger partial charge < -0.3 is 9.47 Å². The van der Waals surface area contributed by atoms with E-state index >= 15 is 0 Å². The Kier molecular flexibility index (Phi) is 10.2. The summed E-state index contributed by atoms with van der Waals surface area (Å²) in [6, 6.07) is 8.76. The number of ether oxygens (including phenoxy) is 2. The summed E-state index contributed by atoms with van der Waals surface area (Å²) < 4.78 is 12.8. The van der Waals surface area contributed by atoms with Crippen molar-refractivity contribution in [2.24, 2.45) is 11.8 Å². The SMILES string of the molecule is C/C=C\C1=C=C(C(OCCC2CCCCC2)Oc2ccc(C(CCC)C(C)C)cc2)CC1. The van der Waals surface area contributed by atoms with Crippen LogP contribution in [0.4, 0.5) is 0 Å². The molecular weight excluding hydrogens is 392 g/mol. The summed E-state index contributed by atoms with van der Waals surface area (Å²) in [6.07, 6.45) is 16.4. The zero-order valence-corrected chi connectivity index (χ0v) is 20.9. The fraction of sp³-hybridized carbons (Fsp3) is 0.633. The van der Waals surface area contributed by atoms with E-state index in [1.807, 2.05) is 0 Å². The van der Waals surface area contributed by atoms with Gasteiger partial charge in [-0.1, -0.05) is 83.6 Å². The van der Waals surface area contributed by atoms with Crippen molar-refractivity contribution in [2.75, 3.05) is 6.61 Å². The third kappa shape index (κ3) is 7.39. The Morgan fingerprint density at radius 3 is 2.47 bits per heavy atom. The van der Waals surface area contributed by atoms with Crippen molar-refractivity contribution < 1.29 is 9.47 Å². The molecule has 0 spiro atoms. The van der Waals surface area contributed by atoms with Crippen LogP contribution in [0.1, 0.15) is 103 Å². The molecule has 0 radical (unpaired) electrons. The quantitative estimate of drug-likeness (QED) is 0.241. The first-order valence-electron chi connectivity index (χ1n) is 13.1. The second-order valence-corrected chi connectivity index (χ2v) is 10.00. The lowest BCUT2D eigenvalue weighted by atomic mass is 9.85. The average Bonchev–Trinajstić information content (AvgIpc) is 3.27. The Morgan fingerprint density at radius 2 is 1.81 bits per heavy atom. The second kappa shape index (κ2) is 13.1. The van der Waals surface area contributed by atoms with Crippen LogP contribution in [0.3, 0.4) is 0 Å². The molecule has 0 amide bonds. The fourth-order valence-electron chi connectivity index (χ4n) is 5.24. The molecule has 1 aromatic rings. The van der Waals surface area contributed by atoms with E-state index in [-0.39, 0.29) is 6.29 Å².